The summed E-state index contributed by atoms with van der Waals surface area (Å²) in [6.45, 7) is 0. The van der Waals surface area contributed by atoms with Crippen LogP contribution >= 0.6 is 0 Å². The minimum Gasteiger partial charge on any atom is -0.366 e. The molecule has 3 aromatic carbocycles. The maximum Gasteiger partial charge on any atom is 0.265 e. The van der Waals surface area contributed by atoms with E-state index in [0.29, 0.717) is 41.5 Å². The number of carbonyl (C=O) groups excluding carboxylic acids is 2. The van der Waals surface area contributed by atoms with Crippen LogP contribution in [0.1, 0.15) is 26.3 Å². The van der Waals surface area contributed by atoms with Crippen molar-refractivity contribution >= 4 is 38.4 Å². The summed E-state index contributed by atoms with van der Waals surface area (Å²) in [6, 6.07) is 10.8. The number of fused-ring (bicyclic) bond motifs is 1. The topological polar surface area (TPSA) is 135 Å². The summed E-state index contributed by atoms with van der Waals surface area (Å²) < 4.78 is 84.8. The van der Waals surface area contributed by atoms with E-state index in [2.05, 4.69) is 9.97 Å². The Morgan fingerprint density at radius 2 is 1.57 bits per heavy atom. The number of amides is 1. The summed E-state index contributed by atoms with van der Waals surface area (Å²) >= 11 is 0. The summed E-state index contributed by atoms with van der Waals surface area (Å²) in [7, 11) is -4.86. The Morgan fingerprint density at radius 3 is 2.27 bits per heavy atom. The number of ketones is 1. The van der Waals surface area contributed by atoms with Crippen molar-refractivity contribution in [2.24, 2.45) is 5.73 Å². The van der Waals surface area contributed by atoms with Crippen LogP contribution in [0.25, 0.3) is 22.2 Å². The molecule has 0 aliphatic heterocycles. The molecule has 2 heterocycles. The number of H-pyrrole nitrogens is 1. The molecule has 0 saturated heterocycles. The molecule has 0 unspecified atom stereocenters. The average molecular weight is 569 g/mol. The molecule has 0 aliphatic carbocycles. The number of primary amides is 1. The summed E-state index contributed by atoms with van der Waals surface area (Å²) in [5.41, 5.74) is 4.76. The summed E-state index contributed by atoms with van der Waals surface area (Å²) in [5.74, 6) is -6.98. The van der Waals surface area contributed by atoms with Gasteiger partial charge in [-0.3, -0.25) is 14.3 Å². The molecule has 1 amide bonds. The fourth-order valence-corrected chi connectivity index (χ4v) is 5.18. The minimum atomic E-state index is -4.86. The van der Waals surface area contributed by atoms with Crippen LogP contribution < -0.4 is 10.5 Å². The van der Waals surface area contributed by atoms with Crippen LogP contribution in [0, 0.1) is 23.3 Å². The summed E-state index contributed by atoms with van der Waals surface area (Å²) in [4.78, 5) is 30.5. The van der Waals surface area contributed by atoms with Crippen molar-refractivity contribution in [1.82, 2.24) is 9.97 Å². The Morgan fingerprint density at radius 1 is 0.875 bits per heavy atom. The molecule has 0 radical (unpaired) electrons. The molecule has 0 fully saturated rings. The molecule has 0 atom stereocenters. The third-order valence-corrected chi connectivity index (χ3v) is 7.40. The highest BCUT2D eigenvalue weighted by atomic mass is 32.2. The number of anilines is 1. The Hall–Kier alpha value is -5.04. The van der Waals surface area contributed by atoms with E-state index in [1.54, 1.807) is 22.9 Å². The molecule has 4 N–H and O–H groups in total. The van der Waals surface area contributed by atoms with Crippen molar-refractivity contribution in [3.63, 3.8) is 0 Å². The predicted octanol–water partition coefficient (Wildman–Crippen LogP) is 4.92. The summed E-state index contributed by atoms with van der Waals surface area (Å²) in [5, 5.41) is 0.202. The molecule has 202 valence electrons. The average Bonchev–Trinajstić information content (AvgIpc) is 3.35. The van der Waals surface area contributed by atoms with Crippen molar-refractivity contribution in [1.29, 1.82) is 0 Å². The number of pyridine rings is 1. The third kappa shape index (κ3) is 4.78. The molecular formula is C27H16F4N4O4S. The number of benzene rings is 3. The van der Waals surface area contributed by atoms with Crippen LogP contribution in [0.2, 0.25) is 0 Å². The third-order valence-electron chi connectivity index (χ3n) is 6.02. The number of hydrogen-bond donors (Lipinski definition) is 3. The van der Waals surface area contributed by atoms with Crippen molar-refractivity contribution < 1.29 is 35.6 Å². The quantitative estimate of drug-likeness (QED) is 0.189. The standard InChI is InChI=1S/C27H16F4N4O4S/c28-16-5-6-19(29)22(10-16)40(38,39)35-21-8-7-20(30)23(24(21)31)25(36)18-12-34-27-17(18)9-15(11-33-27)13-1-3-14(4-2-13)26(32)37/h1-12,35H,(H2,32,37)(H,33,34). The Kier molecular flexibility index (Phi) is 6.59. The van der Waals surface area contributed by atoms with E-state index in [1.807, 2.05) is 0 Å². The predicted molar refractivity (Wildman–Crippen MR) is 137 cm³/mol. The Bertz CT molecular complexity index is 1940. The van der Waals surface area contributed by atoms with Gasteiger partial charge >= 0.3 is 0 Å². The van der Waals surface area contributed by atoms with Gasteiger partial charge in [-0.05, 0) is 54.1 Å². The SMILES string of the molecule is NC(=O)c1ccc(-c2cnc3[nH]cc(C(=O)c4c(F)ccc(NS(=O)(=O)c5cc(F)ccc5F)c4F)c3c2)cc1. The largest absolute Gasteiger partial charge is 0.366 e. The van der Waals surface area contributed by atoms with E-state index in [9.17, 15) is 31.2 Å². The number of aromatic nitrogens is 2. The van der Waals surface area contributed by atoms with E-state index in [0.717, 1.165) is 0 Å². The van der Waals surface area contributed by atoms with Gasteiger partial charge in [0.2, 0.25) is 11.7 Å². The lowest BCUT2D eigenvalue weighted by molar-refractivity contribution is 0.0998. The second kappa shape index (κ2) is 9.93. The Balaban J connectivity index is 1.54. The lowest BCUT2D eigenvalue weighted by atomic mass is 9.99. The number of sulfonamides is 1. The van der Waals surface area contributed by atoms with Gasteiger partial charge in [0.1, 0.15) is 28.0 Å². The Labute approximate surface area is 223 Å². The van der Waals surface area contributed by atoms with Gasteiger partial charge in [0.25, 0.3) is 10.0 Å². The molecule has 5 aromatic rings. The zero-order valence-corrected chi connectivity index (χ0v) is 20.8. The van der Waals surface area contributed by atoms with Crippen LogP contribution in [0.4, 0.5) is 23.2 Å². The summed E-state index contributed by atoms with van der Waals surface area (Å²) in [6.07, 6.45) is 2.67. The number of carbonyl (C=O) groups is 2. The van der Waals surface area contributed by atoms with Gasteiger partial charge in [-0.25, -0.2) is 31.0 Å². The number of rotatable bonds is 7. The number of nitrogens with one attached hydrogen (secondary N) is 2. The van der Waals surface area contributed by atoms with Gasteiger partial charge < -0.3 is 10.7 Å². The van der Waals surface area contributed by atoms with Crippen LogP contribution in [0.5, 0.6) is 0 Å². The van der Waals surface area contributed by atoms with Crippen molar-refractivity contribution in [2.45, 2.75) is 4.90 Å². The van der Waals surface area contributed by atoms with Crippen molar-refractivity contribution in [3.8, 4) is 11.1 Å². The molecular weight excluding hydrogens is 552 g/mol. The number of aromatic amines is 1. The van der Waals surface area contributed by atoms with Crippen molar-refractivity contribution in [2.75, 3.05) is 4.72 Å². The van der Waals surface area contributed by atoms with Gasteiger partial charge in [0.15, 0.2) is 5.82 Å². The van der Waals surface area contributed by atoms with Crippen LogP contribution in [-0.2, 0) is 10.0 Å². The first-order valence-corrected chi connectivity index (χ1v) is 12.8. The molecule has 0 saturated carbocycles. The zero-order chi connectivity index (χ0) is 28.8. The van der Waals surface area contributed by atoms with Crippen molar-refractivity contribution in [3.05, 3.63) is 113 Å². The normalized spacial score (nSPS) is 11.5. The highest BCUT2D eigenvalue weighted by molar-refractivity contribution is 7.92. The molecule has 0 spiro atoms. The van der Waals surface area contributed by atoms with Gasteiger partial charge in [-0.2, -0.15) is 0 Å². The molecule has 0 aliphatic rings. The van der Waals surface area contributed by atoms with Gasteiger partial charge in [0.05, 0.1) is 11.3 Å². The van der Waals surface area contributed by atoms with E-state index in [1.165, 1.54) is 24.5 Å². The van der Waals surface area contributed by atoms with Crippen LogP contribution in [0.15, 0.2) is 78.0 Å². The maximum atomic E-state index is 15.4. The van der Waals surface area contributed by atoms with Gasteiger partial charge in [0, 0.05) is 34.5 Å². The van der Waals surface area contributed by atoms with Crippen LogP contribution in [-0.4, -0.2) is 30.1 Å². The first-order chi connectivity index (χ1) is 19.0. The molecule has 40 heavy (non-hydrogen) atoms. The van der Waals surface area contributed by atoms with Crippen LogP contribution in [0.3, 0.4) is 0 Å². The van der Waals surface area contributed by atoms with E-state index in [4.69, 9.17) is 5.73 Å². The minimum absolute atomic E-state index is 0.174. The first-order valence-electron chi connectivity index (χ1n) is 11.3. The number of halogens is 4. The van der Waals surface area contributed by atoms with Gasteiger partial charge in [-0.15, -0.1) is 0 Å². The highest BCUT2D eigenvalue weighted by Gasteiger charge is 2.27. The number of nitrogens with two attached hydrogens (primary N) is 1. The molecule has 8 nitrogen and oxygen atoms in total. The monoisotopic (exact) mass is 568 g/mol. The number of nitrogens with zero attached hydrogens (tertiary/aromatic N) is 1. The highest BCUT2D eigenvalue weighted by Crippen LogP contribution is 2.30. The maximum absolute atomic E-state index is 15.4. The van der Waals surface area contributed by atoms with E-state index in [-0.39, 0.29) is 22.2 Å². The zero-order valence-electron chi connectivity index (χ0n) is 20.0. The second-order valence-electron chi connectivity index (χ2n) is 8.56. The first kappa shape index (κ1) is 26.6. The molecule has 2 aromatic heterocycles. The fraction of sp³-hybridized carbons (Fsp3) is 0. The second-order valence-corrected chi connectivity index (χ2v) is 10.2. The van der Waals surface area contributed by atoms with E-state index >= 15 is 4.39 Å². The molecule has 5 rings (SSSR count). The molecule has 0 bridgehead atoms. The molecule has 13 heteroatoms. The number of hydrogen-bond acceptors (Lipinski definition) is 5. The van der Waals surface area contributed by atoms with E-state index < -0.39 is 61.1 Å². The lowest BCUT2D eigenvalue weighted by Crippen LogP contribution is -2.17. The fourth-order valence-electron chi connectivity index (χ4n) is 4.03. The van der Waals surface area contributed by atoms with Gasteiger partial charge in [-0.1, -0.05) is 12.1 Å². The smallest absolute Gasteiger partial charge is 0.265 e. The lowest BCUT2D eigenvalue weighted by Gasteiger charge is -2.12.